The molecule has 1 heterocycles. The normalized spacial score (nSPS) is 31.1. The summed E-state index contributed by atoms with van der Waals surface area (Å²) in [5.41, 5.74) is 0. The van der Waals surface area contributed by atoms with Gasteiger partial charge in [-0.1, -0.05) is 13.8 Å². The molecule has 108 valence electrons. The summed E-state index contributed by atoms with van der Waals surface area (Å²) in [6.45, 7) is 8.11. The van der Waals surface area contributed by atoms with Gasteiger partial charge in [0.25, 0.3) is 5.91 Å². The quantitative estimate of drug-likeness (QED) is 0.775. The first-order valence-corrected chi connectivity index (χ1v) is 7.17. The molecule has 1 N–H and O–H groups in total. The van der Waals surface area contributed by atoms with E-state index >= 15 is 0 Å². The first-order valence-electron chi connectivity index (χ1n) is 7.17. The van der Waals surface area contributed by atoms with E-state index in [4.69, 9.17) is 4.74 Å². The molecule has 1 saturated heterocycles. The molecule has 1 aliphatic carbocycles. The van der Waals surface area contributed by atoms with E-state index in [1.807, 2.05) is 13.8 Å². The Bertz CT molecular complexity index is 362. The van der Waals surface area contributed by atoms with Gasteiger partial charge in [-0.25, -0.2) is 4.79 Å². The third-order valence-electron chi connectivity index (χ3n) is 3.66. The van der Waals surface area contributed by atoms with E-state index in [0.29, 0.717) is 12.3 Å². The molecule has 0 bridgehead atoms. The van der Waals surface area contributed by atoms with Crippen LogP contribution in [0.2, 0.25) is 0 Å². The molecule has 0 aromatic carbocycles. The Kier molecular flexibility index (Phi) is 4.13. The highest BCUT2D eigenvalue weighted by Gasteiger charge is 2.46. The molecule has 1 atom stereocenters. The Morgan fingerprint density at radius 2 is 1.89 bits per heavy atom. The largest absolute Gasteiger partial charge is 0.375 e. The molecule has 1 aliphatic heterocycles. The molecule has 19 heavy (non-hydrogen) atoms. The fourth-order valence-electron chi connectivity index (χ4n) is 2.77. The van der Waals surface area contributed by atoms with Crippen molar-refractivity contribution in [2.24, 2.45) is 5.92 Å². The van der Waals surface area contributed by atoms with Gasteiger partial charge in [-0.2, -0.15) is 0 Å². The lowest BCUT2D eigenvalue weighted by molar-refractivity contribution is -0.134. The average Bonchev–Trinajstić information content (AvgIpc) is 2.47. The number of hydrogen-bond donors (Lipinski definition) is 1. The summed E-state index contributed by atoms with van der Waals surface area (Å²) in [6.07, 6.45) is 2.63. The first kappa shape index (κ1) is 14.3. The summed E-state index contributed by atoms with van der Waals surface area (Å²) in [6, 6.07) is -0.547. The third kappa shape index (κ3) is 3.08. The highest BCUT2D eigenvalue weighted by atomic mass is 16.5. The number of nitrogens with one attached hydrogen (secondary N) is 1. The second-order valence-electron chi connectivity index (χ2n) is 6.27. The van der Waals surface area contributed by atoms with Gasteiger partial charge in [0.05, 0.1) is 12.2 Å². The van der Waals surface area contributed by atoms with Crippen molar-refractivity contribution < 1.29 is 14.3 Å². The molecule has 0 unspecified atom stereocenters. The van der Waals surface area contributed by atoms with Gasteiger partial charge in [-0.15, -0.1) is 0 Å². The lowest BCUT2D eigenvalue weighted by Crippen LogP contribution is -2.51. The highest BCUT2D eigenvalue weighted by molar-refractivity contribution is 6.04. The van der Waals surface area contributed by atoms with Crippen LogP contribution in [0.5, 0.6) is 0 Å². The molecule has 1 saturated carbocycles. The summed E-state index contributed by atoms with van der Waals surface area (Å²) >= 11 is 0. The van der Waals surface area contributed by atoms with Crippen molar-refractivity contribution >= 4 is 11.9 Å². The third-order valence-corrected chi connectivity index (χ3v) is 3.66. The minimum atomic E-state index is -0.336. The lowest BCUT2D eigenvalue weighted by Gasteiger charge is -2.40. The van der Waals surface area contributed by atoms with Gasteiger partial charge in [-0.3, -0.25) is 9.69 Å². The number of hydrogen-bond acceptors (Lipinski definition) is 3. The van der Waals surface area contributed by atoms with Crippen LogP contribution >= 0.6 is 0 Å². The van der Waals surface area contributed by atoms with Crippen LogP contribution in [-0.4, -0.2) is 41.1 Å². The van der Waals surface area contributed by atoms with E-state index < -0.39 is 0 Å². The molecule has 5 heteroatoms. The molecule has 0 aromatic rings. The number of imide groups is 1. The number of ether oxygens (including phenoxy) is 1. The van der Waals surface area contributed by atoms with Crippen LogP contribution in [0.4, 0.5) is 4.79 Å². The average molecular weight is 268 g/mol. The molecule has 2 aliphatic rings. The zero-order valence-electron chi connectivity index (χ0n) is 12.2. The molecule has 5 nitrogen and oxygen atoms in total. The van der Waals surface area contributed by atoms with Crippen molar-refractivity contribution in [1.82, 2.24) is 10.2 Å². The number of nitrogens with zero attached hydrogens (tertiary/aromatic N) is 1. The second-order valence-corrected chi connectivity index (χ2v) is 6.27. The Labute approximate surface area is 114 Å². The van der Waals surface area contributed by atoms with Gasteiger partial charge in [0.2, 0.25) is 0 Å². The molecule has 0 spiro atoms. The Hall–Kier alpha value is -1.10. The molecule has 2 rings (SSSR count). The second kappa shape index (κ2) is 5.49. The van der Waals surface area contributed by atoms with Gasteiger partial charge >= 0.3 is 6.03 Å². The first-order chi connectivity index (χ1) is 8.88. The summed E-state index contributed by atoms with van der Waals surface area (Å²) in [5, 5.41) is 2.79. The van der Waals surface area contributed by atoms with Crippen LogP contribution in [0, 0.1) is 5.92 Å². The predicted octanol–water partition coefficient (Wildman–Crippen LogP) is 1.91. The van der Waals surface area contributed by atoms with E-state index in [0.717, 1.165) is 12.8 Å². The number of urea groups is 1. The monoisotopic (exact) mass is 268 g/mol. The standard InChI is InChI=1S/C14H24N2O3/c1-8(2)5-12-13(17)16(14(18)15-12)10-6-11(7-10)19-9(3)4/h8-12H,5-7H2,1-4H3,(H,15,18)/t10?,11?,12-/m0/s1. The topological polar surface area (TPSA) is 58.6 Å². The summed E-state index contributed by atoms with van der Waals surface area (Å²) in [7, 11) is 0. The van der Waals surface area contributed by atoms with Crippen molar-refractivity contribution in [3.63, 3.8) is 0 Å². The van der Waals surface area contributed by atoms with Crippen molar-refractivity contribution in [3.8, 4) is 0 Å². The van der Waals surface area contributed by atoms with Gasteiger partial charge < -0.3 is 10.1 Å². The summed E-state index contributed by atoms with van der Waals surface area (Å²) in [4.78, 5) is 25.5. The van der Waals surface area contributed by atoms with Gasteiger partial charge in [0, 0.05) is 6.04 Å². The Balaban J connectivity index is 1.88. The van der Waals surface area contributed by atoms with E-state index in [2.05, 4.69) is 19.2 Å². The Morgan fingerprint density at radius 3 is 2.42 bits per heavy atom. The molecule has 2 fully saturated rings. The number of rotatable bonds is 5. The van der Waals surface area contributed by atoms with E-state index in [1.54, 1.807) is 0 Å². The van der Waals surface area contributed by atoms with Gasteiger partial charge in [0.1, 0.15) is 6.04 Å². The Morgan fingerprint density at radius 1 is 1.26 bits per heavy atom. The minimum Gasteiger partial charge on any atom is -0.375 e. The minimum absolute atomic E-state index is 0.0217. The number of carbonyl (C=O) groups excluding carboxylic acids is 2. The van der Waals surface area contributed by atoms with Crippen molar-refractivity contribution in [2.75, 3.05) is 0 Å². The van der Waals surface area contributed by atoms with Crippen LogP contribution in [-0.2, 0) is 9.53 Å². The van der Waals surface area contributed by atoms with Crippen LogP contribution in [0.1, 0.15) is 47.0 Å². The van der Waals surface area contributed by atoms with Crippen molar-refractivity contribution in [2.45, 2.75) is 71.2 Å². The van der Waals surface area contributed by atoms with Crippen molar-refractivity contribution in [1.29, 1.82) is 0 Å². The number of amides is 3. The lowest BCUT2D eigenvalue weighted by atomic mass is 9.87. The molecular weight excluding hydrogens is 244 g/mol. The van der Waals surface area contributed by atoms with Crippen LogP contribution in [0.25, 0.3) is 0 Å². The zero-order chi connectivity index (χ0) is 14.2. The maximum atomic E-state index is 12.2. The van der Waals surface area contributed by atoms with Gasteiger partial charge in [-0.05, 0) is 39.0 Å². The summed E-state index contributed by atoms with van der Waals surface area (Å²) in [5.74, 6) is 0.333. The fraction of sp³-hybridized carbons (Fsp3) is 0.857. The van der Waals surface area contributed by atoms with Crippen molar-refractivity contribution in [3.05, 3.63) is 0 Å². The SMILES string of the molecule is CC(C)C[C@@H]1NC(=O)N(C2CC(OC(C)C)C2)C1=O. The maximum Gasteiger partial charge on any atom is 0.325 e. The van der Waals surface area contributed by atoms with E-state index in [-0.39, 0.29) is 36.2 Å². The van der Waals surface area contributed by atoms with Crippen LogP contribution < -0.4 is 5.32 Å². The highest BCUT2D eigenvalue weighted by Crippen LogP contribution is 2.31. The van der Waals surface area contributed by atoms with E-state index in [9.17, 15) is 9.59 Å². The fourth-order valence-corrected chi connectivity index (χ4v) is 2.77. The predicted molar refractivity (Wildman–Crippen MR) is 71.7 cm³/mol. The summed E-state index contributed by atoms with van der Waals surface area (Å²) < 4.78 is 5.67. The zero-order valence-corrected chi connectivity index (χ0v) is 12.2. The molecule has 3 amide bonds. The molecule has 0 aromatic heterocycles. The van der Waals surface area contributed by atoms with E-state index in [1.165, 1.54) is 4.90 Å². The van der Waals surface area contributed by atoms with Crippen LogP contribution in [0.3, 0.4) is 0 Å². The maximum absolute atomic E-state index is 12.2. The van der Waals surface area contributed by atoms with Crippen LogP contribution in [0.15, 0.2) is 0 Å². The molecular formula is C14H24N2O3. The smallest absolute Gasteiger partial charge is 0.325 e. The van der Waals surface area contributed by atoms with Gasteiger partial charge in [0.15, 0.2) is 0 Å². The molecule has 0 radical (unpaired) electrons. The number of carbonyl (C=O) groups is 2.